The quantitative estimate of drug-likeness (QED) is 0.359. The monoisotopic (exact) mass is 187 g/mol. The summed E-state index contributed by atoms with van der Waals surface area (Å²) in [6, 6.07) is 0. The van der Waals surface area contributed by atoms with E-state index in [0.717, 1.165) is 12.8 Å². The summed E-state index contributed by atoms with van der Waals surface area (Å²) in [5, 5.41) is 8.94. The second-order valence-corrected chi connectivity index (χ2v) is 2.57. The van der Waals surface area contributed by atoms with E-state index >= 15 is 0 Å². The molecule has 0 spiro atoms. The molecule has 0 amide bonds. The lowest BCUT2D eigenvalue weighted by atomic mass is 10.1. The van der Waals surface area contributed by atoms with Gasteiger partial charge in [-0.3, -0.25) is 4.79 Å². The van der Waals surface area contributed by atoms with Crippen LogP contribution >= 0.6 is 0 Å². The summed E-state index contributed by atoms with van der Waals surface area (Å²) in [5.41, 5.74) is 0.360. The fourth-order valence-electron chi connectivity index (χ4n) is 0.745. The molecule has 0 aromatic carbocycles. The molecule has 0 aromatic rings. The van der Waals surface area contributed by atoms with Crippen LogP contribution in [0.15, 0.2) is 11.6 Å². The largest absolute Gasteiger partial charge is 0.309 e. The maximum Gasteiger partial charge on any atom is 0.294 e. The number of Topliss-reactive ketones (excluding diaryl/α,β-unsaturated/α-hetero) is 1. The molecular weight excluding hydrogens is 174 g/mol. The number of hydrogen-bond acceptors (Lipinski definition) is 4. The first-order valence-corrected chi connectivity index (χ1v) is 4.05. The minimum atomic E-state index is -0.900. The van der Waals surface area contributed by atoms with Crippen molar-refractivity contribution >= 4 is 5.78 Å². The second kappa shape index (κ2) is 6.16. The Morgan fingerprint density at radius 2 is 2.23 bits per heavy atom. The van der Waals surface area contributed by atoms with Gasteiger partial charge in [0.05, 0.1) is 0 Å². The number of nitrogens with zero attached hydrogens (tertiary/aromatic N) is 1. The molecule has 0 unspecified atom stereocenters. The zero-order valence-electron chi connectivity index (χ0n) is 7.78. The Morgan fingerprint density at radius 1 is 1.62 bits per heavy atom. The van der Waals surface area contributed by atoms with Crippen molar-refractivity contribution in [2.75, 3.05) is 6.61 Å². The van der Waals surface area contributed by atoms with E-state index in [1.165, 1.54) is 6.92 Å². The number of carbonyl (C=O) groups is 1. The van der Waals surface area contributed by atoms with E-state index in [1.54, 1.807) is 6.08 Å². The first kappa shape index (κ1) is 11.6. The van der Waals surface area contributed by atoms with Crippen molar-refractivity contribution in [1.29, 1.82) is 0 Å². The van der Waals surface area contributed by atoms with E-state index in [2.05, 4.69) is 4.84 Å². The van der Waals surface area contributed by atoms with Crippen LogP contribution in [0.3, 0.4) is 0 Å². The molecule has 0 aromatic heterocycles. The van der Waals surface area contributed by atoms with Crippen molar-refractivity contribution < 1.29 is 14.7 Å². The molecule has 0 rings (SSSR count). The lowest BCUT2D eigenvalue weighted by Gasteiger charge is -2.01. The molecule has 0 fully saturated rings. The molecule has 0 aliphatic carbocycles. The number of unbranched alkanes of at least 4 members (excludes halogenated alkanes) is 1. The van der Waals surface area contributed by atoms with Crippen LogP contribution < -0.4 is 0 Å². The predicted molar refractivity (Wildman–Crippen MR) is 46.6 cm³/mol. The molecule has 74 valence electrons. The predicted octanol–water partition coefficient (Wildman–Crippen LogP) is 1.51. The lowest BCUT2D eigenvalue weighted by Crippen LogP contribution is -2.09. The van der Waals surface area contributed by atoms with E-state index in [-0.39, 0.29) is 12.4 Å². The summed E-state index contributed by atoms with van der Waals surface area (Å²) in [6.07, 6.45) is 3.30. The average molecular weight is 187 g/mol. The van der Waals surface area contributed by atoms with Crippen LogP contribution in [-0.4, -0.2) is 17.5 Å². The van der Waals surface area contributed by atoms with Crippen molar-refractivity contribution in [2.45, 2.75) is 26.7 Å². The minimum Gasteiger partial charge on any atom is -0.309 e. The third-order valence-corrected chi connectivity index (χ3v) is 1.46. The zero-order valence-corrected chi connectivity index (χ0v) is 7.78. The van der Waals surface area contributed by atoms with Gasteiger partial charge in [0.15, 0.2) is 5.78 Å². The van der Waals surface area contributed by atoms with Crippen molar-refractivity contribution in [1.82, 2.24) is 0 Å². The molecular formula is C8H13NO4. The summed E-state index contributed by atoms with van der Waals surface area (Å²) >= 11 is 0. The minimum absolute atomic E-state index is 0.185. The molecule has 0 heterocycles. The molecule has 0 saturated heterocycles. The van der Waals surface area contributed by atoms with Crippen LogP contribution in [0.4, 0.5) is 0 Å². The molecule has 0 bridgehead atoms. The zero-order chi connectivity index (χ0) is 10.3. The van der Waals surface area contributed by atoms with Gasteiger partial charge >= 0.3 is 0 Å². The molecule has 0 aliphatic heterocycles. The average Bonchev–Trinajstić information content (AvgIpc) is 2.03. The first-order chi connectivity index (χ1) is 6.07. The lowest BCUT2D eigenvalue weighted by molar-refractivity contribution is -0.755. The fraction of sp³-hybridized carbons (Fsp3) is 0.625. The van der Waals surface area contributed by atoms with Gasteiger partial charge in [-0.15, -0.1) is 10.1 Å². The van der Waals surface area contributed by atoms with Gasteiger partial charge in [-0.25, -0.2) is 0 Å². The molecule has 5 nitrogen and oxygen atoms in total. The Labute approximate surface area is 76.5 Å². The van der Waals surface area contributed by atoms with Crippen molar-refractivity contribution in [3.8, 4) is 0 Å². The van der Waals surface area contributed by atoms with Gasteiger partial charge < -0.3 is 4.84 Å². The molecule has 0 N–H and O–H groups in total. The van der Waals surface area contributed by atoms with Crippen LogP contribution in [-0.2, 0) is 9.63 Å². The molecule has 0 atom stereocenters. The van der Waals surface area contributed by atoms with Crippen LogP contribution in [0.2, 0.25) is 0 Å². The van der Waals surface area contributed by atoms with E-state index in [0.29, 0.717) is 5.57 Å². The Balaban J connectivity index is 4.10. The molecule has 0 radical (unpaired) electrons. The standard InChI is InChI=1S/C8H13NO4/c1-3-4-5-8(7(2)10)6-13-9(11)12/h5H,3-4,6H2,1-2H3/b8-5+. The summed E-state index contributed by atoms with van der Waals surface area (Å²) in [7, 11) is 0. The van der Waals surface area contributed by atoms with Gasteiger partial charge in [-0.1, -0.05) is 19.4 Å². The molecule has 13 heavy (non-hydrogen) atoms. The van der Waals surface area contributed by atoms with Gasteiger partial charge in [-0.05, 0) is 13.3 Å². The van der Waals surface area contributed by atoms with Crippen molar-refractivity contribution in [2.24, 2.45) is 0 Å². The highest BCUT2D eigenvalue weighted by atomic mass is 16.9. The Morgan fingerprint density at radius 3 is 2.62 bits per heavy atom. The number of hydrogen-bond donors (Lipinski definition) is 0. The van der Waals surface area contributed by atoms with Crippen LogP contribution in [0.25, 0.3) is 0 Å². The van der Waals surface area contributed by atoms with Gasteiger partial charge in [0.25, 0.3) is 5.09 Å². The second-order valence-electron chi connectivity index (χ2n) is 2.57. The Hall–Kier alpha value is -1.39. The first-order valence-electron chi connectivity index (χ1n) is 4.05. The summed E-state index contributed by atoms with van der Waals surface area (Å²) in [4.78, 5) is 24.8. The highest BCUT2D eigenvalue weighted by molar-refractivity contribution is 5.93. The number of rotatable bonds is 6. The maximum absolute atomic E-state index is 10.9. The van der Waals surface area contributed by atoms with E-state index in [9.17, 15) is 14.9 Å². The summed E-state index contributed by atoms with van der Waals surface area (Å²) in [5.74, 6) is -0.185. The van der Waals surface area contributed by atoms with Gasteiger partial charge in [0.2, 0.25) is 0 Å². The normalized spacial score (nSPS) is 11.1. The summed E-state index contributed by atoms with van der Waals surface area (Å²) < 4.78 is 0. The highest BCUT2D eigenvalue weighted by Crippen LogP contribution is 2.01. The Kier molecular flexibility index (Phi) is 5.50. The van der Waals surface area contributed by atoms with Crippen molar-refractivity contribution in [3.63, 3.8) is 0 Å². The third kappa shape index (κ3) is 5.84. The van der Waals surface area contributed by atoms with Gasteiger partial charge in [-0.2, -0.15) is 0 Å². The smallest absolute Gasteiger partial charge is 0.294 e. The topological polar surface area (TPSA) is 69.4 Å². The van der Waals surface area contributed by atoms with Gasteiger partial charge in [0.1, 0.15) is 6.61 Å². The van der Waals surface area contributed by atoms with Crippen LogP contribution in [0.5, 0.6) is 0 Å². The van der Waals surface area contributed by atoms with Gasteiger partial charge in [0, 0.05) is 5.57 Å². The number of carbonyl (C=O) groups excluding carboxylic acids is 1. The van der Waals surface area contributed by atoms with Crippen LogP contribution in [0.1, 0.15) is 26.7 Å². The SMILES string of the molecule is CCC/C=C(\CO[N+](=O)[O-])C(C)=O. The number of ketones is 1. The fourth-order valence-corrected chi connectivity index (χ4v) is 0.745. The van der Waals surface area contributed by atoms with E-state index in [1.807, 2.05) is 6.92 Å². The Bertz CT molecular complexity index is 222. The molecule has 0 aliphatic rings. The van der Waals surface area contributed by atoms with E-state index in [4.69, 9.17) is 0 Å². The molecule has 5 heteroatoms. The summed E-state index contributed by atoms with van der Waals surface area (Å²) in [6.45, 7) is 3.08. The molecule has 0 saturated carbocycles. The third-order valence-electron chi connectivity index (χ3n) is 1.46. The maximum atomic E-state index is 10.9. The number of allylic oxidation sites excluding steroid dienone is 1. The van der Waals surface area contributed by atoms with Crippen LogP contribution in [0, 0.1) is 10.1 Å². The van der Waals surface area contributed by atoms with E-state index < -0.39 is 5.09 Å². The highest BCUT2D eigenvalue weighted by Gasteiger charge is 2.05. The van der Waals surface area contributed by atoms with Crippen molar-refractivity contribution in [3.05, 3.63) is 21.8 Å².